The van der Waals surface area contributed by atoms with E-state index in [0.717, 1.165) is 44.8 Å². The predicted molar refractivity (Wildman–Crippen MR) is 124 cm³/mol. The lowest BCUT2D eigenvalue weighted by molar-refractivity contribution is -0.140. The Morgan fingerprint density at radius 1 is 1.03 bits per heavy atom. The van der Waals surface area contributed by atoms with E-state index in [2.05, 4.69) is 39.4 Å². The zero-order valence-corrected chi connectivity index (χ0v) is 19.4. The van der Waals surface area contributed by atoms with Crippen LogP contribution in [0.15, 0.2) is 24.3 Å². The van der Waals surface area contributed by atoms with Gasteiger partial charge in [0.2, 0.25) is 5.91 Å². The molecule has 0 aromatic heterocycles. The summed E-state index contributed by atoms with van der Waals surface area (Å²) in [7, 11) is 1.73. The van der Waals surface area contributed by atoms with Crippen molar-refractivity contribution in [2.24, 2.45) is 11.8 Å². The molecule has 0 saturated carbocycles. The van der Waals surface area contributed by atoms with E-state index in [4.69, 9.17) is 4.74 Å². The summed E-state index contributed by atoms with van der Waals surface area (Å²) in [4.78, 5) is 18.0. The molecule has 5 rings (SSSR count). The number of nitrogens with zero attached hydrogens (tertiary/aromatic N) is 2. The van der Waals surface area contributed by atoms with E-state index in [1.54, 1.807) is 7.11 Å². The number of hydrogen-bond acceptors (Lipinski definition) is 4. The molecule has 4 heterocycles. The summed E-state index contributed by atoms with van der Waals surface area (Å²) >= 11 is 0. The largest absolute Gasteiger partial charge is 0.497 e. The fourth-order valence-corrected chi connectivity index (χ4v) is 6.29. The van der Waals surface area contributed by atoms with E-state index in [9.17, 15) is 4.79 Å². The van der Waals surface area contributed by atoms with Crippen LogP contribution in [0.1, 0.15) is 50.1 Å². The van der Waals surface area contributed by atoms with Crippen molar-refractivity contribution in [3.8, 4) is 5.75 Å². The summed E-state index contributed by atoms with van der Waals surface area (Å²) in [6, 6.07) is 9.92. The number of benzene rings is 1. The Bertz CT molecular complexity index is 711. The maximum absolute atomic E-state index is 13.0. The van der Waals surface area contributed by atoms with E-state index in [1.807, 2.05) is 0 Å². The molecule has 2 bridgehead atoms. The second-order valence-electron chi connectivity index (χ2n) is 9.24. The number of nitrogens with one attached hydrogen (secondary N) is 1. The highest BCUT2D eigenvalue weighted by molar-refractivity contribution is 5.85. The van der Waals surface area contributed by atoms with Gasteiger partial charge in [-0.05, 0) is 74.6 Å². The highest BCUT2D eigenvalue weighted by Crippen LogP contribution is 2.44. The van der Waals surface area contributed by atoms with Gasteiger partial charge in [-0.3, -0.25) is 9.69 Å². The molecular weight excluding hydrogens is 421 g/mol. The topological polar surface area (TPSA) is 44.8 Å². The van der Waals surface area contributed by atoms with Gasteiger partial charge in [0.15, 0.2) is 0 Å². The van der Waals surface area contributed by atoms with Gasteiger partial charge in [-0.25, -0.2) is 0 Å². The lowest BCUT2D eigenvalue weighted by Crippen LogP contribution is -2.61. The molecule has 4 aliphatic heterocycles. The first kappa shape index (κ1) is 23.6. The first-order chi connectivity index (χ1) is 13.7. The predicted octanol–water partition coefficient (Wildman–Crippen LogP) is 3.66. The molecule has 1 N–H and O–H groups in total. The molecule has 4 fully saturated rings. The molecule has 1 aromatic carbocycles. The Kier molecular flexibility index (Phi) is 7.94. The smallest absolute Gasteiger partial charge is 0.239 e. The van der Waals surface area contributed by atoms with Crippen molar-refractivity contribution in [1.82, 2.24) is 15.1 Å². The second kappa shape index (κ2) is 10.1. The lowest BCUT2D eigenvalue weighted by atomic mass is 9.73. The molecule has 0 aliphatic carbocycles. The van der Waals surface area contributed by atoms with Gasteiger partial charge in [-0.15, -0.1) is 24.8 Å². The van der Waals surface area contributed by atoms with Crippen LogP contribution in [0, 0.1) is 11.8 Å². The number of hydrogen-bond donors (Lipinski definition) is 1. The Hall–Kier alpha value is -1.01. The number of amides is 1. The van der Waals surface area contributed by atoms with Gasteiger partial charge < -0.3 is 15.0 Å². The van der Waals surface area contributed by atoms with Crippen LogP contribution in [0.4, 0.5) is 0 Å². The minimum absolute atomic E-state index is 0. The molecule has 7 heteroatoms. The molecule has 4 saturated heterocycles. The van der Waals surface area contributed by atoms with Crippen LogP contribution in [0.25, 0.3) is 0 Å². The summed E-state index contributed by atoms with van der Waals surface area (Å²) in [5.41, 5.74) is 1.42. The van der Waals surface area contributed by atoms with E-state index in [0.29, 0.717) is 29.8 Å². The van der Waals surface area contributed by atoms with Gasteiger partial charge in [0.25, 0.3) is 0 Å². The van der Waals surface area contributed by atoms with E-state index >= 15 is 0 Å². The molecule has 168 valence electrons. The maximum atomic E-state index is 13.0. The molecule has 5 nitrogen and oxygen atoms in total. The number of likely N-dealkylation sites (tertiary alicyclic amines) is 1. The van der Waals surface area contributed by atoms with Gasteiger partial charge in [0.1, 0.15) is 5.75 Å². The molecule has 0 radical (unpaired) electrons. The van der Waals surface area contributed by atoms with Crippen molar-refractivity contribution < 1.29 is 9.53 Å². The van der Waals surface area contributed by atoms with Crippen LogP contribution in [0.2, 0.25) is 0 Å². The highest BCUT2D eigenvalue weighted by Gasteiger charge is 2.46. The van der Waals surface area contributed by atoms with Crippen LogP contribution in [-0.4, -0.2) is 61.1 Å². The standard InChI is InChI=1S/C23H33N3O2.2ClH/c1-28-19-9-7-17(8-10-19)21-5-2-6-22-18-12-16(14-26(21)22)13-25(15-18)23(27)20-4-3-11-24-20;;/h7-10,16,18,20-22,24H,2-6,11-15H2,1H3;2*1H/t16-,18+,20-,21+,22-;;/m0../s1. The summed E-state index contributed by atoms with van der Waals surface area (Å²) in [6.07, 6.45) is 7.27. The summed E-state index contributed by atoms with van der Waals surface area (Å²) in [5, 5.41) is 3.40. The van der Waals surface area contributed by atoms with Gasteiger partial charge in [0.05, 0.1) is 13.2 Å². The average Bonchev–Trinajstić information content (AvgIpc) is 3.28. The van der Waals surface area contributed by atoms with Gasteiger partial charge in [-0.2, -0.15) is 0 Å². The molecule has 0 unspecified atom stereocenters. The molecule has 5 atom stereocenters. The van der Waals surface area contributed by atoms with Crippen LogP contribution < -0.4 is 10.1 Å². The number of rotatable bonds is 3. The lowest BCUT2D eigenvalue weighted by Gasteiger charge is -2.55. The second-order valence-corrected chi connectivity index (χ2v) is 9.24. The first-order valence-electron chi connectivity index (χ1n) is 11.1. The third kappa shape index (κ3) is 4.45. The third-order valence-corrected chi connectivity index (χ3v) is 7.56. The first-order valence-corrected chi connectivity index (χ1v) is 11.1. The quantitative estimate of drug-likeness (QED) is 0.754. The maximum Gasteiger partial charge on any atom is 0.239 e. The molecule has 1 aromatic rings. The molecule has 4 aliphatic rings. The zero-order valence-electron chi connectivity index (χ0n) is 17.8. The number of piperidine rings is 3. The SMILES string of the molecule is COc1ccc([C@H]2CCC[C@H]3[C@@H]4C[C@@H](CN(C(=O)[C@@H]5CCCN5)C4)CN23)cc1.Cl.Cl. The third-order valence-electron chi connectivity index (χ3n) is 7.56. The average molecular weight is 456 g/mol. The van der Waals surface area contributed by atoms with Gasteiger partial charge in [0, 0.05) is 31.7 Å². The minimum atomic E-state index is 0. The highest BCUT2D eigenvalue weighted by atomic mass is 35.5. The molecule has 0 spiro atoms. The molecule has 1 amide bonds. The fraction of sp³-hybridized carbons (Fsp3) is 0.696. The Balaban J connectivity index is 0.00000128. The number of halogens is 2. The summed E-state index contributed by atoms with van der Waals surface area (Å²) in [6.45, 7) is 4.05. The van der Waals surface area contributed by atoms with Gasteiger partial charge >= 0.3 is 0 Å². The van der Waals surface area contributed by atoms with Crippen molar-refractivity contribution in [2.75, 3.05) is 33.3 Å². The minimum Gasteiger partial charge on any atom is -0.497 e. The van der Waals surface area contributed by atoms with Crippen molar-refractivity contribution in [3.05, 3.63) is 29.8 Å². The van der Waals surface area contributed by atoms with Crippen molar-refractivity contribution >= 4 is 30.7 Å². The van der Waals surface area contributed by atoms with Crippen molar-refractivity contribution in [2.45, 2.75) is 56.7 Å². The van der Waals surface area contributed by atoms with E-state index in [1.165, 1.54) is 31.2 Å². The number of methoxy groups -OCH3 is 1. The fourth-order valence-electron chi connectivity index (χ4n) is 6.29. The van der Waals surface area contributed by atoms with Crippen LogP contribution in [0.3, 0.4) is 0 Å². The molecular formula is C23H35Cl2N3O2. The van der Waals surface area contributed by atoms with E-state index in [-0.39, 0.29) is 30.9 Å². The zero-order chi connectivity index (χ0) is 19.1. The van der Waals surface area contributed by atoms with Crippen molar-refractivity contribution in [1.29, 1.82) is 0 Å². The number of fused-ring (bicyclic) bond motifs is 4. The Morgan fingerprint density at radius 3 is 2.53 bits per heavy atom. The Labute approximate surface area is 192 Å². The normalized spacial score (nSPS) is 33.1. The Morgan fingerprint density at radius 2 is 1.83 bits per heavy atom. The summed E-state index contributed by atoms with van der Waals surface area (Å²) in [5.74, 6) is 2.56. The monoisotopic (exact) mass is 455 g/mol. The number of carbonyl (C=O) groups excluding carboxylic acids is 1. The van der Waals surface area contributed by atoms with Gasteiger partial charge in [-0.1, -0.05) is 12.1 Å². The molecule has 30 heavy (non-hydrogen) atoms. The van der Waals surface area contributed by atoms with Crippen LogP contribution in [-0.2, 0) is 4.79 Å². The number of ether oxygens (including phenoxy) is 1. The van der Waals surface area contributed by atoms with Crippen LogP contribution >= 0.6 is 24.8 Å². The van der Waals surface area contributed by atoms with Crippen LogP contribution in [0.5, 0.6) is 5.75 Å². The van der Waals surface area contributed by atoms with E-state index < -0.39 is 0 Å². The number of carbonyl (C=O) groups is 1. The summed E-state index contributed by atoms with van der Waals surface area (Å²) < 4.78 is 5.34. The van der Waals surface area contributed by atoms with Crippen molar-refractivity contribution in [3.63, 3.8) is 0 Å².